The maximum atomic E-state index is 9.85. The van der Waals surface area contributed by atoms with Gasteiger partial charge in [-0.1, -0.05) is 14.8 Å². The lowest BCUT2D eigenvalue weighted by Gasteiger charge is -1.88. The van der Waals surface area contributed by atoms with Crippen LogP contribution in [0.15, 0.2) is 18.7 Å². The van der Waals surface area contributed by atoms with Gasteiger partial charge in [0.1, 0.15) is 18.9 Å². The molecule has 2 aromatic rings. The van der Waals surface area contributed by atoms with Crippen LogP contribution in [0.1, 0.15) is 0 Å². The fourth-order valence-electron chi connectivity index (χ4n) is 1.13. The lowest BCUT2D eigenvalue weighted by Crippen LogP contribution is -2.23. The molecule has 2 aromatic heterocycles. The van der Waals surface area contributed by atoms with Gasteiger partial charge in [0.25, 0.3) is 0 Å². The molecule has 0 spiro atoms. The van der Waals surface area contributed by atoms with Gasteiger partial charge >= 0.3 is 11.9 Å². The molecule has 0 aliphatic carbocycles. The number of aliphatic hydroxyl groups is 1. The van der Waals surface area contributed by atoms with Crippen LogP contribution < -0.4 is 9.55 Å². The third-order valence-corrected chi connectivity index (χ3v) is 1.94. The Hall–Kier alpha value is -2.89. The van der Waals surface area contributed by atoms with Crippen LogP contribution in [0.2, 0.25) is 0 Å². The summed E-state index contributed by atoms with van der Waals surface area (Å²) in [6.45, 7) is 0.884. The smallest absolute Gasteiger partial charge is 0.417 e. The second-order valence-corrected chi connectivity index (χ2v) is 3.47. The quantitative estimate of drug-likeness (QED) is 0.406. The summed E-state index contributed by atoms with van der Waals surface area (Å²) in [4.78, 5) is 20.7. The van der Waals surface area contributed by atoms with Crippen molar-refractivity contribution in [3.8, 4) is 0 Å². The summed E-state index contributed by atoms with van der Waals surface area (Å²) in [5.74, 6) is -1.73. The van der Waals surface area contributed by atoms with Crippen LogP contribution in [0.4, 0.5) is 11.9 Å². The van der Waals surface area contributed by atoms with Gasteiger partial charge in [0.15, 0.2) is 0 Å². The van der Waals surface area contributed by atoms with E-state index in [4.69, 9.17) is 5.11 Å². The van der Waals surface area contributed by atoms with Gasteiger partial charge in [-0.25, -0.2) is 9.13 Å². The normalized spacial score (nSPS) is 9.70. The average Bonchev–Trinajstić information content (AvgIpc) is 2.99. The molecule has 0 unspecified atom stereocenters. The summed E-state index contributed by atoms with van der Waals surface area (Å²) in [7, 11) is 1.95. The second-order valence-electron chi connectivity index (χ2n) is 3.47. The molecule has 0 atom stereocenters. The van der Waals surface area contributed by atoms with Crippen molar-refractivity contribution >= 4 is 11.9 Å². The van der Waals surface area contributed by atoms with Crippen LogP contribution in [0.25, 0.3) is 0 Å². The van der Waals surface area contributed by atoms with E-state index in [1.54, 1.807) is 0 Å². The van der Waals surface area contributed by atoms with Gasteiger partial charge in [0.2, 0.25) is 6.33 Å². The predicted molar refractivity (Wildman–Crippen MR) is 61.4 cm³/mol. The van der Waals surface area contributed by atoms with E-state index >= 15 is 0 Å². The molecule has 0 saturated carbocycles. The Morgan fingerprint density at radius 1 is 1.35 bits per heavy atom. The maximum Gasteiger partial charge on any atom is 0.418 e. The number of aryl methyl sites for hydroxylation is 1. The minimum atomic E-state index is -0.958. The molecule has 0 saturated heterocycles. The second kappa shape index (κ2) is 6.89. The summed E-state index contributed by atoms with van der Waals surface area (Å²) in [5, 5.41) is 33.9. The number of nitro groups is 2. The number of hydrogen-bond acceptors (Lipinski definition) is 7. The number of hydrogen-bond donors (Lipinski definition) is 1. The third kappa shape index (κ3) is 4.41. The lowest BCUT2D eigenvalue weighted by molar-refractivity contribution is -0.671. The highest BCUT2D eigenvalue weighted by Crippen LogP contribution is 2.04. The van der Waals surface area contributed by atoms with E-state index in [0.29, 0.717) is 6.54 Å². The Bertz CT molecular complexity index is 563. The topological polar surface area (TPSA) is 155 Å². The van der Waals surface area contributed by atoms with E-state index in [9.17, 15) is 20.2 Å². The maximum absolute atomic E-state index is 9.85. The van der Waals surface area contributed by atoms with Gasteiger partial charge < -0.3 is 25.3 Å². The first-order valence-electron chi connectivity index (χ1n) is 5.22. The molecule has 12 heteroatoms. The molecule has 0 aliphatic rings. The molecular weight excluding hydrogens is 274 g/mol. The van der Waals surface area contributed by atoms with Crippen molar-refractivity contribution in [1.82, 2.24) is 19.7 Å². The van der Waals surface area contributed by atoms with Gasteiger partial charge in [-0.2, -0.15) is 0 Å². The lowest BCUT2D eigenvalue weighted by atomic mass is 10.7. The number of aliphatic hydroxyl groups excluding tert-OH is 1. The predicted octanol–water partition coefficient (Wildman–Crippen LogP) is -1.44. The zero-order valence-corrected chi connectivity index (χ0v) is 10.4. The van der Waals surface area contributed by atoms with Crippen molar-refractivity contribution in [3.63, 3.8) is 0 Å². The Morgan fingerprint density at radius 3 is 2.20 bits per heavy atom. The van der Waals surface area contributed by atoms with Crippen molar-refractivity contribution < 1.29 is 19.5 Å². The molecule has 108 valence electrons. The monoisotopic (exact) mass is 285 g/mol. The fraction of sp³-hybridized carbons (Fsp3) is 0.375. The number of aromatic nitrogens is 5. The van der Waals surface area contributed by atoms with Crippen LogP contribution in [0.3, 0.4) is 0 Å². The first kappa shape index (κ1) is 15.2. The van der Waals surface area contributed by atoms with Gasteiger partial charge in [0, 0.05) is 10.2 Å². The third-order valence-electron chi connectivity index (χ3n) is 1.94. The van der Waals surface area contributed by atoms with Crippen molar-refractivity contribution in [2.75, 3.05) is 6.61 Å². The number of rotatable bonds is 4. The van der Waals surface area contributed by atoms with E-state index in [2.05, 4.69) is 15.2 Å². The van der Waals surface area contributed by atoms with E-state index in [1.165, 1.54) is 0 Å². The van der Waals surface area contributed by atoms with E-state index in [0.717, 1.165) is 0 Å². The molecule has 2 heterocycles. The molecular formula is C8H11N7O5. The molecule has 0 aliphatic heterocycles. The Balaban J connectivity index is 0.000000204. The van der Waals surface area contributed by atoms with Crippen LogP contribution >= 0.6 is 0 Å². The Kier molecular flexibility index (Phi) is 5.22. The molecule has 0 fully saturated rings. The first-order chi connectivity index (χ1) is 9.43. The van der Waals surface area contributed by atoms with E-state index < -0.39 is 21.7 Å². The highest BCUT2D eigenvalue weighted by molar-refractivity contribution is 5.10. The van der Waals surface area contributed by atoms with Crippen molar-refractivity contribution in [2.45, 2.75) is 6.54 Å². The summed E-state index contributed by atoms with van der Waals surface area (Å²) >= 11 is 0. The zero-order valence-electron chi connectivity index (χ0n) is 10.4. The van der Waals surface area contributed by atoms with Crippen LogP contribution in [-0.2, 0) is 13.6 Å². The molecule has 0 bridgehead atoms. The summed E-state index contributed by atoms with van der Waals surface area (Å²) in [6, 6.07) is 0. The molecule has 1 N–H and O–H groups in total. The highest BCUT2D eigenvalue weighted by atomic mass is 16.6. The van der Waals surface area contributed by atoms with Crippen molar-refractivity contribution in [2.24, 2.45) is 7.05 Å². The van der Waals surface area contributed by atoms with Crippen molar-refractivity contribution in [3.05, 3.63) is 38.9 Å². The fourth-order valence-corrected chi connectivity index (χ4v) is 1.13. The molecule has 0 radical (unpaired) electrons. The van der Waals surface area contributed by atoms with E-state index in [-0.39, 0.29) is 6.61 Å². The standard InChI is InChI=1S/C6H11N2O.C2N5O4/c1-7-2-3-8(6-7)4-5-9;8-6(9)1-3-2(5-4-1)7(10)11/h2-3,6,9H,4-5H2,1H3;/q+1;-1. The first-order valence-corrected chi connectivity index (χ1v) is 5.22. The molecule has 2 rings (SSSR count). The molecule has 0 amide bonds. The SMILES string of the molecule is C[n+]1ccn(CCO)c1.O=[N+]([O-])c1nnc([N+](=O)[O-])[n-]1. The van der Waals surface area contributed by atoms with Crippen LogP contribution in [-0.4, -0.2) is 36.3 Å². The number of imidazole rings is 1. The largest absolute Gasteiger partial charge is 0.418 e. The Morgan fingerprint density at radius 2 is 1.90 bits per heavy atom. The minimum absolute atomic E-state index is 0.203. The van der Waals surface area contributed by atoms with Crippen LogP contribution in [0.5, 0.6) is 0 Å². The van der Waals surface area contributed by atoms with Gasteiger partial charge in [-0.15, -0.1) is 0 Å². The molecule has 0 aromatic carbocycles. The van der Waals surface area contributed by atoms with Gasteiger partial charge in [0.05, 0.1) is 13.7 Å². The highest BCUT2D eigenvalue weighted by Gasteiger charge is 2.15. The summed E-state index contributed by atoms with van der Waals surface area (Å²) in [6.07, 6.45) is 5.79. The minimum Gasteiger partial charge on any atom is -0.417 e. The zero-order chi connectivity index (χ0) is 15.1. The average molecular weight is 285 g/mol. The Labute approximate surface area is 111 Å². The van der Waals surface area contributed by atoms with Gasteiger partial charge in [-0.3, -0.25) is 0 Å². The van der Waals surface area contributed by atoms with E-state index in [1.807, 2.05) is 34.9 Å². The summed E-state index contributed by atoms with van der Waals surface area (Å²) < 4.78 is 3.87. The summed E-state index contributed by atoms with van der Waals surface area (Å²) in [5.41, 5.74) is 0. The molecule has 20 heavy (non-hydrogen) atoms. The van der Waals surface area contributed by atoms with Crippen LogP contribution in [0, 0.1) is 20.2 Å². The van der Waals surface area contributed by atoms with Gasteiger partial charge in [-0.05, 0) is 0 Å². The van der Waals surface area contributed by atoms with Crippen molar-refractivity contribution in [1.29, 1.82) is 0 Å². The number of nitrogens with zero attached hydrogens (tertiary/aromatic N) is 7. The molecule has 12 nitrogen and oxygen atoms in total.